The Labute approximate surface area is 83.4 Å². The molecule has 0 fully saturated rings. The maximum Gasteiger partial charge on any atom is 0.129 e. The fourth-order valence-electron chi connectivity index (χ4n) is 1.20. The molecule has 5 heteroatoms. The molecule has 0 saturated carbocycles. The predicted octanol–water partition coefficient (Wildman–Crippen LogP) is 0.535. The number of hydrogen-bond acceptors (Lipinski definition) is 4. The first kappa shape index (κ1) is 10.5. The van der Waals surface area contributed by atoms with E-state index in [9.17, 15) is 0 Å². The maximum atomic E-state index is 5.66. The van der Waals surface area contributed by atoms with Crippen LogP contribution in [-0.4, -0.2) is 11.3 Å². The number of rotatable bonds is 3. The lowest BCUT2D eigenvalue weighted by Crippen LogP contribution is -2.30. The molecule has 0 aliphatic rings. The smallest absolute Gasteiger partial charge is 0.129 e. The second-order valence-electron chi connectivity index (χ2n) is 2.99. The van der Waals surface area contributed by atoms with Crippen LogP contribution in [0.15, 0.2) is 17.4 Å². The largest absolute Gasteiger partial charge is 0.322 e. The first-order valence-electron chi connectivity index (χ1n) is 4.41. The van der Waals surface area contributed by atoms with Gasteiger partial charge in [0.1, 0.15) is 6.34 Å². The van der Waals surface area contributed by atoms with Crippen LogP contribution >= 0.6 is 0 Å². The van der Waals surface area contributed by atoms with Crippen LogP contribution in [0.3, 0.4) is 0 Å². The molecule has 1 heterocycles. The molecular weight excluding hydrogens is 178 g/mol. The molecule has 0 unspecified atom stereocenters. The van der Waals surface area contributed by atoms with Crippen molar-refractivity contribution in [3.8, 4) is 0 Å². The normalized spacial score (nSPS) is 10.8. The average molecular weight is 193 g/mol. The number of aromatic nitrogens is 1. The Bertz CT molecular complexity index is 334. The summed E-state index contributed by atoms with van der Waals surface area (Å²) in [6, 6.07) is 2.00. The molecule has 5 nitrogen and oxygen atoms in total. The van der Waals surface area contributed by atoms with E-state index in [1.165, 1.54) is 11.3 Å². The second-order valence-corrected chi connectivity index (χ2v) is 2.99. The maximum absolute atomic E-state index is 5.66. The van der Waals surface area contributed by atoms with Gasteiger partial charge in [0, 0.05) is 5.69 Å². The summed E-state index contributed by atoms with van der Waals surface area (Å²) in [4.78, 5) is 4.24. The van der Waals surface area contributed by atoms with Crippen molar-refractivity contribution in [2.75, 3.05) is 5.01 Å². The van der Waals surface area contributed by atoms with Gasteiger partial charge in [0.2, 0.25) is 0 Å². The monoisotopic (exact) mass is 193 g/mol. The number of hydrazine groups is 1. The quantitative estimate of drug-likeness (QED) is 0.317. The summed E-state index contributed by atoms with van der Waals surface area (Å²) in [6.07, 6.45) is 3.97. The third-order valence-electron chi connectivity index (χ3n) is 1.97. The van der Waals surface area contributed by atoms with Crippen LogP contribution in [-0.2, 0) is 6.42 Å². The molecule has 0 saturated heterocycles. The van der Waals surface area contributed by atoms with Crippen LogP contribution in [0, 0.1) is 6.92 Å². The lowest BCUT2D eigenvalue weighted by Gasteiger charge is -2.14. The van der Waals surface area contributed by atoms with E-state index in [1.807, 2.05) is 13.0 Å². The Morgan fingerprint density at radius 3 is 2.86 bits per heavy atom. The van der Waals surface area contributed by atoms with Crippen molar-refractivity contribution in [2.45, 2.75) is 20.3 Å². The molecule has 1 aromatic heterocycles. The highest BCUT2D eigenvalue weighted by Gasteiger charge is 2.04. The Hall–Kier alpha value is -1.62. The molecule has 0 aromatic carbocycles. The van der Waals surface area contributed by atoms with E-state index >= 15 is 0 Å². The fraction of sp³-hybridized carbons (Fsp3) is 0.333. The zero-order valence-corrected chi connectivity index (χ0v) is 8.44. The van der Waals surface area contributed by atoms with Crippen LogP contribution < -0.4 is 16.7 Å². The molecule has 0 aliphatic heterocycles. The number of aryl methyl sites for hydroxylation is 2. The first-order chi connectivity index (χ1) is 6.69. The molecule has 0 radical (unpaired) electrons. The molecule has 0 spiro atoms. The van der Waals surface area contributed by atoms with Gasteiger partial charge in [0.25, 0.3) is 0 Å². The number of nitrogens with zero attached hydrogens (tertiary/aromatic N) is 3. The van der Waals surface area contributed by atoms with E-state index < -0.39 is 0 Å². The molecule has 0 bridgehead atoms. The van der Waals surface area contributed by atoms with Gasteiger partial charge < -0.3 is 5.84 Å². The molecule has 4 N–H and O–H groups in total. The summed E-state index contributed by atoms with van der Waals surface area (Å²) < 4.78 is 0. The van der Waals surface area contributed by atoms with Crippen molar-refractivity contribution in [3.05, 3.63) is 23.5 Å². The predicted molar refractivity (Wildman–Crippen MR) is 57.7 cm³/mol. The van der Waals surface area contributed by atoms with Crippen molar-refractivity contribution < 1.29 is 0 Å². The third-order valence-corrected chi connectivity index (χ3v) is 1.97. The van der Waals surface area contributed by atoms with E-state index in [2.05, 4.69) is 17.0 Å². The average Bonchev–Trinajstić information content (AvgIpc) is 2.17. The molecule has 0 atom stereocenters. The highest BCUT2D eigenvalue weighted by Crippen LogP contribution is 2.16. The Morgan fingerprint density at radius 2 is 2.36 bits per heavy atom. The van der Waals surface area contributed by atoms with Gasteiger partial charge in [0.05, 0.1) is 11.9 Å². The Kier molecular flexibility index (Phi) is 3.41. The van der Waals surface area contributed by atoms with Crippen molar-refractivity contribution >= 4 is 12.0 Å². The number of hydrazone groups is 1. The first-order valence-corrected chi connectivity index (χ1v) is 4.41. The van der Waals surface area contributed by atoms with Crippen molar-refractivity contribution in [1.82, 2.24) is 4.98 Å². The Balaban J connectivity index is 2.99. The minimum Gasteiger partial charge on any atom is -0.322 e. The van der Waals surface area contributed by atoms with Gasteiger partial charge in [-0.05, 0) is 25.0 Å². The summed E-state index contributed by atoms with van der Waals surface area (Å²) in [5.74, 6) is 10.7. The van der Waals surface area contributed by atoms with Gasteiger partial charge in [-0.25, -0.2) is 5.84 Å². The summed E-state index contributed by atoms with van der Waals surface area (Å²) in [6.45, 7) is 4.03. The minimum atomic E-state index is 0.802. The number of pyridine rings is 1. The highest BCUT2D eigenvalue weighted by molar-refractivity contribution is 5.78. The highest BCUT2D eigenvalue weighted by atomic mass is 15.4. The summed E-state index contributed by atoms with van der Waals surface area (Å²) in [5.41, 5.74) is 2.90. The molecule has 76 valence electrons. The molecule has 0 amide bonds. The number of nitrogens with two attached hydrogens (primary N) is 2. The third kappa shape index (κ3) is 2.20. The van der Waals surface area contributed by atoms with Crippen LogP contribution in [0.2, 0.25) is 0 Å². The van der Waals surface area contributed by atoms with Crippen LogP contribution in [0.4, 0.5) is 5.69 Å². The van der Waals surface area contributed by atoms with E-state index in [-0.39, 0.29) is 0 Å². The lowest BCUT2D eigenvalue weighted by molar-refractivity contribution is 1.01. The molecule has 0 aliphatic carbocycles. The summed E-state index contributed by atoms with van der Waals surface area (Å²) in [7, 11) is 0. The van der Waals surface area contributed by atoms with Crippen molar-refractivity contribution in [3.63, 3.8) is 0 Å². The molecule has 1 aromatic rings. The minimum absolute atomic E-state index is 0.802. The van der Waals surface area contributed by atoms with Gasteiger partial charge in [0.15, 0.2) is 0 Å². The van der Waals surface area contributed by atoms with Gasteiger partial charge in [-0.3, -0.25) is 9.99 Å². The summed E-state index contributed by atoms with van der Waals surface area (Å²) >= 11 is 0. The van der Waals surface area contributed by atoms with E-state index in [0.29, 0.717) is 0 Å². The lowest BCUT2D eigenvalue weighted by atomic mass is 10.2. The van der Waals surface area contributed by atoms with Crippen LogP contribution in [0.1, 0.15) is 18.2 Å². The second kappa shape index (κ2) is 4.57. The van der Waals surface area contributed by atoms with Gasteiger partial charge in [-0.2, -0.15) is 5.10 Å². The van der Waals surface area contributed by atoms with E-state index in [1.54, 1.807) is 6.20 Å². The van der Waals surface area contributed by atoms with Crippen molar-refractivity contribution in [1.29, 1.82) is 0 Å². The topological polar surface area (TPSA) is 80.5 Å². The number of anilines is 1. The fourth-order valence-corrected chi connectivity index (χ4v) is 1.20. The molecule has 14 heavy (non-hydrogen) atoms. The summed E-state index contributed by atoms with van der Waals surface area (Å²) in [5, 5.41) is 4.69. The van der Waals surface area contributed by atoms with Crippen LogP contribution in [0.25, 0.3) is 0 Å². The van der Waals surface area contributed by atoms with Crippen LogP contribution in [0.5, 0.6) is 0 Å². The SMILES string of the molecule is CCc1cc(C)c(N(N)/C=N\N)cn1. The molecule has 1 rings (SSSR count). The number of hydrogen-bond donors (Lipinski definition) is 2. The zero-order valence-electron chi connectivity index (χ0n) is 8.44. The van der Waals surface area contributed by atoms with Gasteiger partial charge in [-0.15, -0.1) is 0 Å². The van der Waals surface area contributed by atoms with Crippen molar-refractivity contribution in [2.24, 2.45) is 16.8 Å². The molecular formula is C9H15N5. The Morgan fingerprint density at radius 1 is 1.64 bits per heavy atom. The van der Waals surface area contributed by atoms with E-state index in [0.717, 1.165) is 23.4 Å². The van der Waals surface area contributed by atoms with Gasteiger partial charge in [-0.1, -0.05) is 6.92 Å². The zero-order chi connectivity index (χ0) is 10.6. The van der Waals surface area contributed by atoms with E-state index in [4.69, 9.17) is 11.7 Å². The van der Waals surface area contributed by atoms with Gasteiger partial charge >= 0.3 is 0 Å². The standard InChI is InChI=1S/C9H15N5/c1-3-8-4-7(2)9(5-12-8)14(11)6-13-10/h4-6H,3,10-11H2,1-2H3/b13-6-.